The molecule has 2 saturated heterocycles. The molecule has 4 heteroatoms. The number of carbonyl (C=O) groups excluding carboxylic acids is 1. The van der Waals surface area contributed by atoms with Crippen molar-refractivity contribution >= 4 is 5.91 Å². The van der Waals surface area contributed by atoms with Crippen molar-refractivity contribution in [1.29, 1.82) is 0 Å². The third-order valence-electron chi connectivity index (χ3n) is 4.80. The lowest BCUT2D eigenvalue weighted by Gasteiger charge is -2.23. The topological polar surface area (TPSA) is 50.4 Å². The van der Waals surface area contributed by atoms with E-state index in [0.717, 1.165) is 38.1 Å². The van der Waals surface area contributed by atoms with E-state index in [0.29, 0.717) is 12.3 Å². The van der Waals surface area contributed by atoms with Crippen LogP contribution in [0, 0.1) is 5.92 Å². The summed E-state index contributed by atoms with van der Waals surface area (Å²) in [6, 6.07) is 10.3. The highest BCUT2D eigenvalue weighted by molar-refractivity contribution is 5.76. The van der Waals surface area contributed by atoms with Crippen molar-refractivity contribution in [2.45, 2.75) is 44.2 Å². The highest BCUT2D eigenvalue weighted by atomic mass is 16.5. The van der Waals surface area contributed by atoms with E-state index in [1.807, 2.05) is 18.2 Å². The van der Waals surface area contributed by atoms with Crippen molar-refractivity contribution in [1.82, 2.24) is 10.6 Å². The first-order valence-corrected chi connectivity index (χ1v) is 8.49. The fraction of sp³-hybridized carbons (Fsp3) is 0.611. The zero-order chi connectivity index (χ0) is 15.2. The van der Waals surface area contributed by atoms with Crippen molar-refractivity contribution in [3.63, 3.8) is 0 Å². The van der Waals surface area contributed by atoms with Crippen LogP contribution in [0.15, 0.2) is 30.3 Å². The molecular weight excluding hydrogens is 276 g/mol. The summed E-state index contributed by atoms with van der Waals surface area (Å²) in [4.78, 5) is 12.2. The Kier molecular flexibility index (Phi) is 5.46. The molecule has 2 atom stereocenters. The van der Waals surface area contributed by atoms with Crippen molar-refractivity contribution in [3.8, 4) is 0 Å². The minimum absolute atomic E-state index is 0.00373. The second-order valence-electron chi connectivity index (χ2n) is 6.40. The Morgan fingerprint density at radius 2 is 1.95 bits per heavy atom. The fourth-order valence-corrected chi connectivity index (χ4v) is 3.49. The van der Waals surface area contributed by atoms with Crippen LogP contribution in [0.1, 0.15) is 43.8 Å². The maximum Gasteiger partial charge on any atom is 0.220 e. The molecule has 4 nitrogen and oxygen atoms in total. The Morgan fingerprint density at radius 1 is 1.18 bits per heavy atom. The number of carbonyl (C=O) groups is 1. The van der Waals surface area contributed by atoms with Crippen molar-refractivity contribution in [2.75, 3.05) is 19.7 Å². The largest absolute Gasteiger partial charge is 0.371 e. The van der Waals surface area contributed by atoms with Crippen LogP contribution in [0.2, 0.25) is 0 Å². The fourth-order valence-electron chi connectivity index (χ4n) is 3.49. The minimum Gasteiger partial charge on any atom is -0.371 e. The number of amides is 1. The predicted octanol–water partition coefficient (Wildman–Crippen LogP) is 2.41. The normalized spacial score (nSPS) is 26.0. The number of benzene rings is 1. The third kappa shape index (κ3) is 4.08. The molecule has 0 aromatic heterocycles. The molecule has 2 heterocycles. The van der Waals surface area contributed by atoms with E-state index in [4.69, 9.17) is 4.74 Å². The van der Waals surface area contributed by atoms with Crippen LogP contribution in [0.3, 0.4) is 0 Å². The zero-order valence-corrected chi connectivity index (χ0v) is 13.1. The molecule has 22 heavy (non-hydrogen) atoms. The smallest absolute Gasteiger partial charge is 0.220 e. The minimum atomic E-state index is 0.00373. The van der Waals surface area contributed by atoms with Crippen molar-refractivity contribution in [2.24, 2.45) is 5.92 Å². The van der Waals surface area contributed by atoms with Gasteiger partial charge in [0.05, 0.1) is 6.04 Å². The summed E-state index contributed by atoms with van der Waals surface area (Å²) in [7, 11) is 0. The molecule has 2 aliphatic rings. The Labute approximate surface area is 132 Å². The highest BCUT2D eigenvalue weighted by Gasteiger charge is 2.30. The van der Waals surface area contributed by atoms with Crippen LogP contribution < -0.4 is 10.6 Å². The average molecular weight is 302 g/mol. The summed E-state index contributed by atoms with van der Waals surface area (Å²) >= 11 is 0. The van der Waals surface area contributed by atoms with E-state index >= 15 is 0 Å². The van der Waals surface area contributed by atoms with Gasteiger partial charge >= 0.3 is 0 Å². The summed E-state index contributed by atoms with van der Waals surface area (Å²) in [5, 5.41) is 6.56. The number of piperidine rings is 1. The highest BCUT2D eigenvalue weighted by Crippen LogP contribution is 2.29. The van der Waals surface area contributed by atoms with Gasteiger partial charge in [-0.3, -0.25) is 4.79 Å². The number of hydrogen-bond donors (Lipinski definition) is 2. The van der Waals surface area contributed by atoms with E-state index in [2.05, 4.69) is 22.8 Å². The molecule has 2 N–H and O–H groups in total. The van der Waals surface area contributed by atoms with Crippen LogP contribution in [-0.4, -0.2) is 31.6 Å². The van der Waals surface area contributed by atoms with Crippen LogP contribution in [-0.2, 0) is 9.53 Å². The predicted molar refractivity (Wildman–Crippen MR) is 86.5 cm³/mol. The van der Waals surface area contributed by atoms with E-state index in [1.165, 1.54) is 12.8 Å². The Morgan fingerprint density at radius 3 is 2.73 bits per heavy atom. The molecule has 0 bridgehead atoms. The van der Waals surface area contributed by atoms with Crippen LogP contribution in [0.25, 0.3) is 0 Å². The molecule has 1 aromatic carbocycles. The molecule has 2 unspecified atom stereocenters. The second-order valence-corrected chi connectivity index (χ2v) is 6.40. The first-order chi connectivity index (χ1) is 10.8. The van der Waals surface area contributed by atoms with E-state index < -0.39 is 0 Å². The van der Waals surface area contributed by atoms with Crippen LogP contribution in [0.5, 0.6) is 0 Å². The summed E-state index contributed by atoms with van der Waals surface area (Å²) < 4.78 is 5.82. The molecule has 1 aromatic rings. The summed E-state index contributed by atoms with van der Waals surface area (Å²) in [5.74, 6) is 0.881. The van der Waals surface area contributed by atoms with Gasteiger partial charge in [0.15, 0.2) is 0 Å². The molecule has 2 fully saturated rings. The summed E-state index contributed by atoms with van der Waals surface area (Å²) in [5.41, 5.74) is 1.16. The van der Waals surface area contributed by atoms with Gasteiger partial charge < -0.3 is 15.4 Å². The van der Waals surface area contributed by atoms with Crippen LogP contribution >= 0.6 is 0 Å². The zero-order valence-electron chi connectivity index (χ0n) is 13.1. The molecule has 0 aliphatic carbocycles. The summed E-state index contributed by atoms with van der Waals surface area (Å²) in [6.45, 7) is 2.91. The van der Waals surface area contributed by atoms with Gasteiger partial charge in [-0.1, -0.05) is 30.3 Å². The van der Waals surface area contributed by atoms with Crippen molar-refractivity contribution < 1.29 is 9.53 Å². The van der Waals surface area contributed by atoms with Gasteiger partial charge in [-0.05, 0) is 50.3 Å². The van der Waals surface area contributed by atoms with Gasteiger partial charge in [0.1, 0.15) is 6.10 Å². The molecule has 0 saturated carbocycles. The van der Waals surface area contributed by atoms with E-state index in [9.17, 15) is 4.79 Å². The average Bonchev–Trinajstić information content (AvgIpc) is 3.03. The van der Waals surface area contributed by atoms with Gasteiger partial charge in [-0.25, -0.2) is 0 Å². The maximum absolute atomic E-state index is 12.2. The molecule has 0 radical (unpaired) electrons. The first kappa shape index (κ1) is 15.5. The lowest BCUT2D eigenvalue weighted by molar-refractivity contribution is -0.122. The van der Waals surface area contributed by atoms with Gasteiger partial charge in [-0.15, -0.1) is 0 Å². The monoisotopic (exact) mass is 302 g/mol. The quantitative estimate of drug-likeness (QED) is 0.878. The van der Waals surface area contributed by atoms with Gasteiger partial charge in [0.2, 0.25) is 5.91 Å². The van der Waals surface area contributed by atoms with Gasteiger partial charge in [0, 0.05) is 13.0 Å². The van der Waals surface area contributed by atoms with E-state index in [-0.39, 0.29) is 18.1 Å². The molecule has 0 spiro atoms. The summed E-state index contributed by atoms with van der Waals surface area (Å²) in [6.07, 6.45) is 4.96. The third-order valence-corrected chi connectivity index (χ3v) is 4.80. The van der Waals surface area contributed by atoms with Gasteiger partial charge in [0.25, 0.3) is 0 Å². The Balaban J connectivity index is 1.48. The number of nitrogens with one attached hydrogen (secondary N) is 2. The molecular formula is C18H26N2O2. The first-order valence-electron chi connectivity index (χ1n) is 8.49. The Bertz CT molecular complexity index is 471. The maximum atomic E-state index is 12.2. The number of hydrogen-bond acceptors (Lipinski definition) is 3. The molecule has 3 rings (SSSR count). The lowest BCUT2D eigenvalue weighted by Crippen LogP contribution is -2.37. The Hall–Kier alpha value is -1.39. The molecule has 2 aliphatic heterocycles. The SMILES string of the molecule is O=C(CCC1CCNCC1)NC1CCOC1c1ccccc1. The molecule has 1 amide bonds. The lowest BCUT2D eigenvalue weighted by atomic mass is 9.93. The van der Waals surface area contributed by atoms with Crippen LogP contribution in [0.4, 0.5) is 0 Å². The van der Waals surface area contributed by atoms with Gasteiger partial charge in [-0.2, -0.15) is 0 Å². The number of rotatable bonds is 5. The number of ether oxygens (including phenoxy) is 1. The van der Waals surface area contributed by atoms with Crippen molar-refractivity contribution in [3.05, 3.63) is 35.9 Å². The molecule has 120 valence electrons. The standard InChI is InChI=1S/C18H26N2O2/c21-17(7-6-14-8-11-19-12-9-14)20-16-10-13-22-18(16)15-4-2-1-3-5-15/h1-5,14,16,18-19H,6-13H2,(H,20,21). The van der Waals surface area contributed by atoms with E-state index in [1.54, 1.807) is 0 Å². The second kappa shape index (κ2) is 7.75.